The summed E-state index contributed by atoms with van der Waals surface area (Å²) in [6.45, 7) is 5.60. The van der Waals surface area contributed by atoms with Gasteiger partial charge in [0.1, 0.15) is 17.0 Å². The topological polar surface area (TPSA) is 129 Å². The van der Waals surface area contributed by atoms with Crippen molar-refractivity contribution < 1.29 is 26.9 Å². The average Bonchev–Trinajstić information content (AvgIpc) is 3.50. The lowest BCUT2D eigenvalue weighted by atomic mass is 10.1. The van der Waals surface area contributed by atoms with Gasteiger partial charge in [0.25, 0.3) is 11.8 Å². The first-order valence-corrected chi connectivity index (χ1v) is 12.4. The van der Waals surface area contributed by atoms with Gasteiger partial charge in [-0.15, -0.1) is 10.2 Å². The normalized spacial score (nSPS) is 11.7. The number of esters is 1. The van der Waals surface area contributed by atoms with Gasteiger partial charge in [-0.2, -0.15) is 4.31 Å². The Kier molecular flexibility index (Phi) is 7.08. The summed E-state index contributed by atoms with van der Waals surface area (Å²) in [5.41, 5.74) is 2.03. The molecular formula is C24H24N4O6S. The highest BCUT2D eigenvalue weighted by molar-refractivity contribution is 7.89. The summed E-state index contributed by atoms with van der Waals surface area (Å²) >= 11 is 0. The summed E-state index contributed by atoms with van der Waals surface area (Å²) in [7, 11) is -3.71. The molecule has 0 saturated carbocycles. The Labute approximate surface area is 202 Å². The second-order valence-electron chi connectivity index (χ2n) is 7.52. The number of benzene rings is 2. The summed E-state index contributed by atoms with van der Waals surface area (Å²) in [6.07, 6.45) is 0. The van der Waals surface area contributed by atoms with Crippen molar-refractivity contribution in [3.63, 3.8) is 0 Å². The highest BCUT2D eigenvalue weighted by atomic mass is 32.2. The van der Waals surface area contributed by atoms with Crippen LogP contribution in [-0.2, 0) is 21.4 Å². The van der Waals surface area contributed by atoms with E-state index in [9.17, 15) is 13.2 Å². The molecule has 0 aliphatic heterocycles. The third-order valence-corrected chi connectivity index (χ3v) is 7.38. The molecule has 0 fully saturated rings. The van der Waals surface area contributed by atoms with Crippen molar-refractivity contribution in [2.24, 2.45) is 0 Å². The minimum absolute atomic E-state index is 0.0205. The zero-order valence-corrected chi connectivity index (χ0v) is 20.3. The average molecular weight is 497 g/mol. The number of rotatable bonds is 9. The fourth-order valence-electron chi connectivity index (χ4n) is 3.54. The molecule has 0 unspecified atom stereocenters. The zero-order valence-electron chi connectivity index (χ0n) is 19.5. The van der Waals surface area contributed by atoms with E-state index in [1.807, 2.05) is 30.3 Å². The van der Waals surface area contributed by atoms with Crippen LogP contribution in [0.2, 0.25) is 0 Å². The summed E-state index contributed by atoms with van der Waals surface area (Å²) in [5, 5.41) is 12.1. The molecule has 10 nitrogen and oxygen atoms in total. The van der Waals surface area contributed by atoms with E-state index < -0.39 is 16.0 Å². The quantitative estimate of drug-likeness (QED) is 0.315. The van der Waals surface area contributed by atoms with Crippen molar-refractivity contribution in [2.45, 2.75) is 32.3 Å². The van der Waals surface area contributed by atoms with Gasteiger partial charge < -0.3 is 13.7 Å². The van der Waals surface area contributed by atoms with Crippen LogP contribution in [0.15, 0.2) is 68.4 Å². The molecule has 2 aromatic heterocycles. The van der Waals surface area contributed by atoms with Crippen LogP contribution >= 0.6 is 0 Å². The second-order valence-corrected chi connectivity index (χ2v) is 9.46. The van der Waals surface area contributed by atoms with E-state index in [1.54, 1.807) is 20.8 Å². The van der Waals surface area contributed by atoms with Gasteiger partial charge in [-0.25, -0.2) is 13.2 Å². The fraction of sp³-hybridized carbons (Fsp3) is 0.250. The zero-order chi connectivity index (χ0) is 25.0. The van der Waals surface area contributed by atoms with Crippen LogP contribution in [-0.4, -0.2) is 47.1 Å². The number of aromatic nitrogens is 3. The molecule has 0 spiro atoms. The Morgan fingerprint density at radius 2 is 1.77 bits per heavy atom. The van der Waals surface area contributed by atoms with Gasteiger partial charge in [0.05, 0.1) is 10.5 Å². The predicted molar refractivity (Wildman–Crippen MR) is 126 cm³/mol. The summed E-state index contributed by atoms with van der Waals surface area (Å²) in [5.74, 6) is 0.0376. The number of hydrogen-bond donors (Lipinski definition) is 0. The minimum Gasteiger partial charge on any atom is -0.452 e. The van der Waals surface area contributed by atoms with E-state index in [-0.39, 0.29) is 28.8 Å². The van der Waals surface area contributed by atoms with Crippen molar-refractivity contribution >= 4 is 16.0 Å². The molecule has 4 rings (SSSR count). The highest BCUT2D eigenvalue weighted by Crippen LogP contribution is 2.33. The lowest BCUT2D eigenvalue weighted by molar-refractivity contribution is 0.0438. The molecule has 0 saturated heterocycles. The minimum atomic E-state index is -3.71. The molecule has 0 aliphatic rings. The Bertz CT molecular complexity index is 1430. The van der Waals surface area contributed by atoms with Crippen molar-refractivity contribution in [3.05, 3.63) is 71.8 Å². The second kappa shape index (κ2) is 10.2. The Hall–Kier alpha value is -3.83. The van der Waals surface area contributed by atoms with Gasteiger partial charge >= 0.3 is 5.97 Å². The molecule has 0 bridgehead atoms. The maximum absolute atomic E-state index is 12.7. The molecule has 182 valence electrons. The van der Waals surface area contributed by atoms with Crippen LogP contribution in [0.5, 0.6) is 0 Å². The molecule has 2 aromatic carbocycles. The number of carbonyl (C=O) groups is 1. The summed E-state index contributed by atoms with van der Waals surface area (Å²) in [6, 6.07) is 15.1. The van der Waals surface area contributed by atoms with Crippen LogP contribution in [0.1, 0.15) is 35.9 Å². The Balaban J connectivity index is 1.49. The number of hydrogen-bond acceptors (Lipinski definition) is 9. The number of ether oxygens (including phenoxy) is 1. The lowest BCUT2D eigenvalue weighted by Crippen LogP contribution is -2.30. The molecule has 2 heterocycles. The highest BCUT2D eigenvalue weighted by Gasteiger charge is 2.24. The SMILES string of the molecule is CCN(CC)S(=O)(=O)c1cccc(C(=O)OCc2nnc(-c3c(-c4ccccc4)noc3C)o2)c1. The van der Waals surface area contributed by atoms with Crippen LogP contribution in [0, 0.1) is 6.92 Å². The van der Waals surface area contributed by atoms with Crippen molar-refractivity contribution in [1.29, 1.82) is 0 Å². The Morgan fingerprint density at radius 1 is 1.03 bits per heavy atom. The third kappa shape index (κ3) is 5.00. The van der Waals surface area contributed by atoms with Crippen LogP contribution in [0.3, 0.4) is 0 Å². The number of carbonyl (C=O) groups excluding carboxylic acids is 1. The van der Waals surface area contributed by atoms with Gasteiger partial charge in [0, 0.05) is 18.7 Å². The molecule has 0 amide bonds. The maximum atomic E-state index is 12.7. The first kappa shape index (κ1) is 24.3. The molecule has 0 aliphatic carbocycles. The van der Waals surface area contributed by atoms with Crippen molar-refractivity contribution in [1.82, 2.24) is 19.7 Å². The van der Waals surface area contributed by atoms with E-state index in [4.69, 9.17) is 13.7 Å². The predicted octanol–water partition coefficient (Wildman–Crippen LogP) is 4.09. The monoisotopic (exact) mass is 496 g/mol. The van der Waals surface area contributed by atoms with E-state index in [0.717, 1.165) is 5.56 Å². The van der Waals surface area contributed by atoms with Crippen LogP contribution in [0.25, 0.3) is 22.7 Å². The van der Waals surface area contributed by atoms with Gasteiger partial charge in [-0.05, 0) is 25.1 Å². The van der Waals surface area contributed by atoms with Gasteiger partial charge in [-0.3, -0.25) is 0 Å². The van der Waals surface area contributed by atoms with E-state index in [2.05, 4.69) is 15.4 Å². The van der Waals surface area contributed by atoms with Gasteiger partial charge in [0.2, 0.25) is 10.0 Å². The van der Waals surface area contributed by atoms with Gasteiger partial charge in [0.15, 0.2) is 6.61 Å². The molecular weight excluding hydrogens is 472 g/mol. The molecule has 35 heavy (non-hydrogen) atoms. The van der Waals surface area contributed by atoms with E-state index in [0.29, 0.717) is 30.1 Å². The first-order valence-electron chi connectivity index (χ1n) is 11.0. The number of nitrogens with zero attached hydrogens (tertiary/aromatic N) is 4. The maximum Gasteiger partial charge on any atom is 0.338 e. The van der Waals surface area contributed by atoms with Crippen LogP contribution in [0.4, 0.5) is 0 Å². The fourth-order valence-corrected chi connectivity index (χ4v) is 5.04. The first-order chi connectivity index (χ1) is 16.8. The van der Waals surface area contributed by atoms with E-state index >= 15 is 0 Å². The lowest BCUT2D eigenvalue weighted by Gasteiger charge is -2.18. The standard InChI is InChI=1S/C24H24N4O6S/c1-4-28(5-2)35(30,31)19-13-9-12-18(14-19)24(29)32-15-20-25-26-23(33-20)21-16(3)34-27-22(21)17-10-7-6-8-11-17/h6-14H,4-5,15H2,1-3H3. The summed E-state index contributed by atoms with van der Waals surface area (Å²) in [4.78, 5) is 12.6. The number of sulfonamides is 1. The third-order valence-electron chi connectivity index (χ3n) is 5.33. The van der Waals surface area contributed by atoms with Gasteiger partial charge in [-0.1, -0.05) is 55.4 Å². The van der Waals surface area contributed by atoms with E-state index in [1.165, 1.54) is 28.6 Å². The molecule has 4 aromatic rings. The molecule has 0 radical (unpaired) electrons. The van der Waals surface area contributed by atoms with Crippen molar-refractivity contribution in [3.8, 4) is 22.7 Å². The molecule has 11 heteroatoms. The largest absolute Gasteiger partial charge is 0.452 e. The smallest absolute Gasteiger partial charge is 0.338 e. The molecule has 0 N–H and O–H groups in total. The summed E-state index contributed by atoms with van der Waals surface area (Å²) < 4.78 is 43.1. The number of aryl methyl sites for hydroxylation is 1. The Morgan fingerprint density at radius 3 is 2.49 bits per heavy atom. The van der Waals surface area contributed by atoms with Crippen LogP contribution < -0.4 is 0 Å². The van der Waals surface area contributed by atoms with Crippen molar-refractivity contribution in [2.75, 3.05) is 13.1 Å². The molecule has 0 atom stereocenters.